The molecule has 17 heavy (non-hydrogen) atoms. The van der Waals surface area contributed by atoms with Crippen molar-refractivity contribution in [3.05, 3.63) is 11.9 Å². The highest BCUT2D eigenvalue weighted by Crippen LogP contribution is 2.23. The third-order valence-corrected chi connectivity index (χ3v) is 3.03. The molecule has 2 rings (SSSR count). The third-order valence-electron chi connectivity index (χ3n) is 3.03. The number of aromatic nitrogens is 2. The average molecular weight is 238 g/mol. The fourth-order valence-electron chi connectivity index (χ4n) is 2.15. The number of carbonyl (C=O) groups is 1. The first-order valence-corrected chi connectivity index (χ1v) is 6.00. The molecule has 0 aliphatic carbocycles. The van der Waals surface area contributed by atoms with Crippen molar-refractivity contribution < 1.29 is 14.3 Å². The molecule has 0 spiro atoms. The van der Waals surface area contributed by atoms with Crippen LogP contribution in [0.5, 0.6) is 5.75 Å². The van der Waals surface area contributed by atoms with Gasteiger partial charge in [-0.25, -0.2) is 0 Å². The summed E-state index contributed by atoms with van der Waals surface area (Å²) < 4.78 is 12.3. The number of ketones is 1. The van der Waals surface area contributed by atoms with Gasteiger partial charge in [0.2, 0.25) is 0 Å². The minimum atomic E-state index is 0.0492. The molecule has 1 unspecified atom stereocenters. The van der Waals surface area contributed by atoms with Crippen molar-refractivity contribution in [1.82, 2.24) is 9.78 Å². The van der Waals surface area contributed by atoms with Gasteiger partial charge in [0.05, 0.1) is 19.4 Å². The van der Waals surface area contributed by atoms with Crippen molar-refractivity contribution in [2.75, 3.05) is 13.7 Å². The molecule has 0 amide bonds. The Bertz CT molecular complexity index is 373. The Labute approximate surface area is 101 Å². The van der Waals surface area contributed by atoms with Crippen molar-refractivity contribution in [2.45, 2.75) is 38.8 Å². The lowest BCUT2D eigenvalue weighted by Crippen LogP contribution is -2.17. The van der Waals surface area contributed by atoms with Crippen LogP contribution in [0.15, 0.2) is 6.20 Å². The number of carbonyl (C=O) groups excluding carboxylic acids is 1. The maximum atomic E-state index is 12.2. The summed E-state index contributed by atoms with van der Waals surface area (Å²) in [6, 6.07) is 0. The van der Waals surface area contributed by atoms with Crippen LogP contribution in [0, 0.1) is 0 Å². The Morgan fingerprint density at radius 3 is 3.12 bits per heavy atom. The number of methoxy groups -OCH3 is 1. The summed E-state index contributed by atoms with van der Waals surface area (Å²) >= 11 is 0. The van der Waals surface area contributed by atoms with Gasteiger partial charge in [-0.3, -0.25) is 9.48 Å². The number of aryl methyl sites for hydroxylation is 1. The Morgan fingerprint density at radius 2 is 2.53 bits per heavy atom. The molecule has 5 heteroatoms. The molecule has 0 saturated carbocycles. The molecule has 1 atom stereocenters. The first kappa shape index (κ1) is 12.1. The summed E-state index contributed by atoms with van der Waals surface area (Å²) in [6.07, 6.45) is 4.08. The lowest BCUT2D eigenvalue weighted by molar-refractivity contribution is 0.0764. The van der Waals surface area contributed by atoms with Gasteiger partial charge in [-0.05, 0) is 19.8 Å². The molecule has 0 radical (unpaired) electrons. The second-order valence-corrected chi connectivity index (χ2v) is 4.14. The van der Waals surface area contributed by atoms with Crippen LogP contribution >= 0.6 is 0 Å². The van der Waals surface area contributed by atoms with Crippen LogP contribution in [-0.4, -0.2) is 35.4 Å². The molecular formula is C12H18N2O3. The minimum absolute atomic E-state index is 0.0492. The van der Waals surface area contributed by atoms with E-state index in [1.807, 2.05) is 6.92 Å². The lowest BCUT2D eigenvalue weighted by Gasteiger charge is -2.10. The van der Waals surface area contributed by atoms with Gasteiger partial charge in [0.25, 0.3) is 0 Å². The lowest BCUT2D eigenvalue weighted by atomic mass is 10.1. The number of ether oxygens (including phenoxy) is 2. The molecule has 1 aromatic heterocycles. The van der Waals surface area contributed by atoms with E-state index in [0.29, 0.717) is 24.4 Å². The zero-order valence-electron chi connectivity index (χ0n) is 10.3. The van der Waals surface area contributed by atoms with Crippen molar-refractivity contribution in [3.8, 4) is 5.75 Å². The minimum Gasteiger partial charge on any atom is -0.493 e. The Morgan fingerprint density at radius 1 is 1.71 bits per heavy atom. The molecule has 0 N–H and O–H groups in total. The summed E-state index contributed by atoms with van der Waals surface area (Å²) in [4.78, 5) is 12.2. The predicted molar refractivity (Wildman–Crippen MR) is 62.4 cm³/mol. The maximum Gasteiger partial charge on any atom is 0.187 e. The van der Waals surface area contributed by atoms with Crippen LogP contribution in [-0.2, 0) is 11.3 Å². The Hall–Kier alpha value is -1.36. The van der Waals surface area contributed by atoms with Gasteiger partial charge in [0.15, 0.2) is 11.5 Å². The summed E-state index contributed by atoms with van der Waals surface area (Å²) in [5, 5.41) is 4.13. The Kier molecular flexibility index (Phi) is 3.78. The number of Topliss-reactive ketones (excluding diaryl/α,β-unsaturated/α-hetero) is 1. The van der Waals surface area contributed by atoms with Crippen molar-refractivity contribution in [3.63, 3.8) is 0 Å². The molecule has 0 aromatic carbocycles. The average Bonchev–Trinajstić information content (AvgIpc) is 2.95. The molecule has 1 aromatic rings. The van der Waals surface area contributed by atoms with Crippen LogP contribution in [0.1, 0.15) is 36.7 Å². The zero-order chi connectivity index (χ0) is 12.3. The van der Waals surface area contributed by atoms with Gasteiger partial charge >= 0.3 is 0 Å². The molecule has 1 aliphatic heterocycles. The standard InChI is InChI=1S/C12H18N2O3/c1-3-14-12(11(16-2)8-13-14)10(15)7-9-5-4-6-17-9/h8-9H,3-7H2,1-2H3. The quantitative estimate of drug-likeness (QED) is 0.732. The number of hydrogen-bond acceptors (Lipinski definition) is 4. The van der Waals surface area contributed by atoms with E-state index in [-0.39, 0.29) is 11.9 Å². The van der Waals surface area contributed by atoms with E-state index < -0.39 is 0 Å². The van der Waals surface area contributed by atoms with Crippen molar-refractivity contribution >= 4 is 5.78 Å². The molecule has 94 valence electrons. The summed E-state index contributed by atoms with van der Waals surface area (Å²) in [5.74, 6) is 0.600. The van der Waals surface area contributed by atoms with Crippen LogP contribution in [0.3, 0.4) is 0 Å². The van der Waals surface area contributed by atoms with Crippen molar-refractivity contribution in [1.29, 1.82) is 0 Å². The Balaban J connectivity index is 2.13. The highest BCUT2D eigenvalue weighted by molar-refractivity contribution is 5.97. The highest BCUT2D eigenvalue weighted by Gasteiger charge is 2.24. The van der Waals surface area contributed by atoms with Crippen LogP contribution < -0.4 is 4.74 Å². The summed E-state index contributed by atoms with van der Waals surface area (Å²) in [5.41, 5.74) is 0.561. The fraction of sp³-hybridized carbons (Fsp3) is 0.667. The van der Waals surface area contributed by atoms with Gasteiger partial charge in [-0.15, -0.1) is 0 Å². The van der Waals surface area contributed by atoms with E-state index in [9.17, 15) is 4.79 Å². The van der Waals surface area contributed by atoms with Gasteiger partial charge in [-0.1, -0.05) is 0 Å². The van der Waals surface area contributed by atoms with E-state index in [0.717, 1.165) is 19.4 Å². The topological polar surface area (TPSA) is 53.4 Å². The van der Waals surface area contributed by atoms with Crippen LogP contribution in [0.4, 0.5) is 0 Å². The zero-order valence-corrected chi connectivity index (χ0v) is 10.3. The van der Waals surface area contributed by atoms with Crippen molar-refractivity contribution in [2.24, 2.45) is 0 Å². The first-order valence-electron chi connectivity index (χ1n) is 6.00. The SMILES string of the molecule is CCn1ncc(OC)c1C(=O)CC1CCCO1. The molecule has 0 bridgehead atoms. The number of nitrogens with zero attached hydrogens (tertiary/aromatic N) is 2. The van der Waals surface area contributed by atoms with E-state index in [1.54, 1.807) is 18.0 Å². The van der Waals surface area contributed by atoms with E-state index in [2.05, 4.69) is 5.10 Å². The molecular weight excluding hydrogens is 220 g/mol. The monoisotopic (exact) mass is 238 g/mol. The largest absolute Gasteiger partial charge is 0.493 e. The third kappa shape index (κ3) is 2.49. The van der Waals surface area contributed by atoms with Crippen LogP contribution in [0.2, 0.25) is 0 Å². The summed E-state index contributed by atoms with van der Waals surface area (Å²) in [7, 11) is 1.56. The second kappa shape index (κ2) is 5.31. The van der Waals surface area contributed by atoms with Gasteiger partial charge in [-0.2, -0.15) is 5.10 Å². The smallest absolute Gasteiger partial charge is 0.187 e. The molecule has 1 fully saturated rings. The maximum absolute atomic E-state index is 12.2. The van der Waals surface area contributed by atoms with E-state index in [1.165, 1.54) is 0 Å². The van der Waals surface area contributed by atoms with E-state index >= 15 is 0 Å². The predicted octanol–water partition coefficient (Wildman–Crippen LogP) is 1.66. The van der Waals surface area contributed by atoms with Gasteiger partial charge in [0, 0.05) is 19.6 Å². The molecule has 2 heterocycles. The number of rotatable bonds is 5. The van der Waals surface area contributed by atoms with Gasteiger partial charge in [0.1, 0.15) is 5.69 Å². The second-order valence-electron chi connectivity index (χ2n) is 4.14. The molecule has 1 aliphatic rings. The summed E-state index contributed by atoms with van der Waals surface area (Å²) in [6.45, 7) is 3.38. The van der Waals surface area contributed by atoms with Crippen LogP contribution in [0.25, 0.3) is 0 Å². The first-order chi connectivity index (χ1) is 8.26. The normalized spacial score (nSPS) is 19.5. The van der Waals surface area contributed by atoms with E-state index in [4.69, 9.17) is 9.47 Å². The molecule has 1 saturated heterocycles. The number of hydrogen-bond donors (Lipinski definition) is 0. The highest BCUT2D eigenvalue weighted by atomic mass is 16.5. The molecule has 5 nitrogen and oxygen atoms in total. The fourth-order valence-corrected chi connectivity index (χ4v) is 2.15. The van der Waals surface area contributed by atoms with Gasteiger partial charge < -0.3 is 9.47 Å².